The fourth-order valence-electron chi connectivity index (χ4n) is 1.32. The summed E-state index contributed by atoms with van der Waals surface area (Å²) in [6.45, 7) is 2.13. The summed E-state index contributed by atoms with van der Waals surface area (Å²) >= 11 is 0. The zero-order valence-electron chi connectivity index (χ0n) is 8.14. The Kier molecular flexibility index (Phi) is 2.54. The van der Waals surface area contributed by atoms with E-state index in [0.717, 1.165) is 17.7 Å². The molecule has 0 aromatic carbocycles. The van der Waals surface area contributed by atoms with Gasteiger partial charge in [-0.3, -0.25) is 9.97 Å². The molecule has 0 atom stereocenters. The van der Waals surface area contributed by atoms with Gasteiger partial charge in [0.1, 0.15) is 0 Å². The van der Waals surface area contributed by atoms with E-state index in [4.69, 9.17) is 0 Å². The number of rotatable bonds is 2. The Balaban J connectivity index is 2.34. The standard InChI is InChI=1S/C12H12N2/c1-2-10-5-6-12(14-8-10)11-4-3-7-13-9-11/h3-9H,2H2,1H3. The maximum atomic E-state index is 4.38. The molecule has 0 fully saturated rings. The second-order valence-corrected chi connectivity index (χ2v) is 3.15. The second kappa shape index (κ2) is 4.01. The number of aryl methyl sites for hydroxylation is 1. The highest BCUT2D eigenvalue weighted by atomic mass is 14.7. The van der Waals surface area contributed by atoms with Gasteiger partial charge >= 0.3 is 0 Å². The van der Waals surface area contributed by atoms with Crippen LogP contribution in [0.25, 0.3) is 11.3 Å². The molecular weight excluding hydrogens is 172 g/mol. The van der Waals surface area contributed by atoms with Crippen molar-refractivity contribution in [3.63, 3.8) is 0 Å². The Bertz CT molecular complexity index is 392. The van der Waals surface area contributed by atoms with Gasteiger partial charge in [-0.05, 0) is 30.2 Å². The molecule has 0 aliphatic rings. The van der Waals surface area contributed by atoms with Crippen molar-refractivity contribution < 1.29 is 0 Å². The van der Waals surface area contributed by atoms with Crippen molar-refractivity contribution in [1.82, 2.24) is 9.97 Å². The Morgan fingerprint density at radius 2 is 2.07 bits per heavy atom. The van der Waals surface area contributed by atoms with Crippen LogP contribution < -0.4 is 0 Å². The Morgan fingerprint density at radius 3 is 2.64 bits per heavy atom. The first-order valence-electron chi connectivity index (χ1n) is 4.75. The topological polar surface area (TPSA) is 25.8 Å². The molecule has 0 N–H and O–H groups in total. The van der Waals surface area contributed by atoms with Crippen molar-refractivity contribution in [1.29, 1.82) is 0 Å². The van der Waals surface area contributed by atoms with Crippen LogP contribution in [0.3, 0.4) is 0 Å². The van der Waals surface area contributed by atoms with E-state index in [1.165, 1.54) is 5.56 Å². The second-order valence-electron chi connectivity index (χ2n) is 3.15. The third kappa shape index (κ3) is 1.79. The van der Waals surface area contributed by atoms with Gasteiger partial charge in [0.25, 0.3) is 0 Å². The number of hydrogen-bond acceptors (Lipinski definition) is 2. The number of hydrogen-bond donors (Lipinski definition) is 0. The van der Waals surface area contributed by atoms with E-state index in [1.807, 2.05) is 30.6 Å². The first-order valence-corrected chi connectivity index (χ1v) is 4.75. The molecule has 0 bridgehead atoms. The van der Waals surface area contributed by atoms with Crippen molar-refractivity contribution >= 4 is 0 Å². The van der Waals surface area contributed by atoms with Gasteiger partial charge in [-0.15, -0.1) is 0 Å². The number of aromatic nitrogens is 2. The van der Waals surface area contributed by atoms with Gasteiger partial charge in [0.2, 0.25) is 0 Å². The Morgan fingerprint density at radius 1 is 1.14 bits per heavy atom. The smallest absolute Gasteiger partial charge is 0.0717 e. The van der Waals surface area contributed by atoms with Gasteiger partial charge in [0.05, 0.1) is 5.69 Å². The van der Waals surface area contributed by atoms with E-state index in [9.17, 15) is 0 Å². The summed E-state index contributed by atoms with van der Waals surface area (Å²) in [7, 11) is 0. The fourth-order valence-corrected chi connectivity index (χ4v) is 1.32. The molecular formula is C12H12N2. The molecule has 2 rings (SSSR count). The lowest BCUT2D eigenvalue weighted by Gasteiger charge is -2.00. The van der Waals surface area contributed by atoms with Crippen LogP contribution in [-0.2, 0) is 6.42 Å². The van der Waals surface area contributed by atoms with Crippen LogP contribution in [-0.4, -0.2) is 9.97 Å². The molecule has 0 saturated heterocycles. The molecule has 0 aliphatic carbocycles. The maximum Gasteiger partial charge on any atom is 0.0717 e. The van der Waals surface area contributed by atoms with Crippen LogP contribution in [0.4, 0.5) is 0 Å². The van der Waals surface area contributed by atoms with E-state index in [1.54, 1.807) is 6.20 Å². The predicted octanol–water partition coefficient (Wildman–Crippen LogP) is 2.71. The van der Waals surface area contributed by atoms with Crippen molar-refractivity contribution in [2.45, 2.75) is 13.3 Å². The lowest BCUT2D eigenvalue weighted by atomic mass is 10.1. The maximum absolute atomic E-state index is 4.38. The summed E-state index contributed by atoms with van der Waals surface area (Å²) in [6.07, 6.45) is 6.54. The minimum Gasteiger partial charge on any atom is -0.264 e. The van der Waals surface area contributed by atoms with Gasteiger partial charge < -0.3 is 0 Å². The molecule has 2 nitrogen and oxygen atoms in total. The molecule has 0 radical (unpaired) electrons. The van der Waals surface area contributed by atoms with Crippen molar-refractivity contribution in [2.24, 2.45) is 0 Å². The van der Waals surface area contributed by atoms with Gasteiger partial charge in [-0.25, -0.2) is 0 Å². The fraction of sp³-hybridized carbons (Fsp3) is 0.167. The molecule has 2 aromatic rings. The molecule has 0 saturated carbocycles. The quantitative estimate of drug-likeness (QED) is 0.717. The van der Waals surface area contributed by atoms with Crippen LogP contribution in [0.1, 0.15) is 12.5 Å². The Labute approximate surface area is 83.7 Å². The Hall–Kier alpha value is -1.70. The van der Waals surface area contributed by atoms with Crippen LogP contribution in [0.5, 0.6) is 0 Å². The van der Waals surface area contributed by atoms with Gasteiger partial charge in [0.15, 0.2) is 0 Å². The lowest BCUT2D eigenvalue weighted by molar-refractivity contribution is 1.10. The summed E-state index contributed by atoms with van der Waals surface area (Å²) in [4.78, 5) is 8.44. The van der Waals surface area contributed by atoms with Crippen molar-refractivity contribution in [3.8, 4) is 11.3 Å². The highest BCUT2D eigenvalue weighted by Crippen LogP contribution is 2.14. The predicted molar refractivity (Wildman–Crippen MR) is 56.8 cm³/mol. The SMILES string of the molecule is CCc1ccc(-c2cccnc2)nc1. The number of pyridine rings is 2. The first kappa shape index (κ1) is 8.88. The summed E-state index contributed by atoms with van der Waals surface area (Å²) in [5, 5.41) is 0. The molecule has 2 heteroatoms. The molecule has 70 valence electrons. The molecule has 0 unspecified atom stereocenters. The minimum atomic E-state index is 0.982. The van der Waals surface area contributed by atoms with E-state index in [2.05, 4.69) is 23.0 Å². The van der Waals surface area contributed by atoms with Crippen LogP contribution in [0, 0.1) is 0 Å². The normalized spacial score (nSPS) is 10.1. The van der Waals surface area contributed by atoms with E-state index < -0.39 is 0 Å². The highest BCUT2D eigenvalue weighted by molar-refractivity contribution is 5.57. The molecule has 2 heterocycles. The summed E-state index contributed by atoms with van der Waals surface area (Å²) < 4.78 is 0. The average Bonchev–Trinajstić information content (AvgIpc) is 2.30. The highest BCUT2D eigenvalue weighted by Gasteiger charge is 1.97. The third-order valence-corrected chi connectivity index (χ3v) is 2.19. The average molecular weight is 184 g/mol. The zero-order chi connectivity index (χ0) is 9.80. The monoisotopic (exact) mass is 184 g/mol. The van der Waals surface area contributed by atoms with Crippen molar-refractivity contribution in [3.05, 3.63) is 48.4 Å². The molecule has 14 heavy (non-hydrogen) atoms. The lowest BCUT2D eigenvalue weighted by Crippen LogP contribution is -1.86. The van der Waals surface area contributed by atoms with Crippen molar-refractivity contribution in [2.75, 3.05) is 0 Å². The number of nitrogens with zero attached hydrogens (tertiary/aromatic N) is 2. The van der Waals surface area contributed by atoms with E-state index >= 15 is 0 Å². The first-order chi connectivity index (χ1) is 6.90. The minimum absolute atomic E-state index is 0.982. The van der Waals surface area contributed by atoms with Gasteiger partial charge in [-0.2, -0.15) is 0 Å². The van der Waals surface area contributed by atoms with Crippen LogP contribution in [0.15, 0.2) is 42.9 Å². The van der Waals surface area contributed by atoms with E-state index in [0.29, 0.717) is 0 Å². The van der Waals surface area contributed by atoms with Gasteiger partial charge in [-0.1, -0.05) is 13.0 Å². The third-order valence-electron chi connectivity index (χ3n) is 2.19. The zero-order valence-corrected chi connectivity index (χ0v) is 8.14. The molecule has 0 spiro atoms. The summed E-state index contributed by atoms with van der Waals surface area (Å²) in [5.74, 6) is 0. The molecule has 0 aliphatic heterocycles. The summed E-state index contributed by atoms with van der Waals surface area (Å²) in [5.41, 5.74) is 3.31. The largest absolute Gasteiger partial charge is 0.264 e. The van der Waals surface area contributed by atoms with Crippen LogP contribution >= 0.6 is 0 Å². The van der Waals surface area contributed by atoms with E-state index in [-0.39, 0.29) is 0 Å². The summed E-state index contributed by atoms with van der Waals surface area (Å²) in [6, 6.07) is 8.08. The van der Waals surface area contributed by atoms with Crippen LogP contribution in [0.2, 0.25) is 0 Å². The van der Waals surface area contributed by atoms with Gasteiger partial charge in [0, 0.05) is 24.2 Å². The molecule has 2 aromatic heterocycles. The molecule has 0 amide bonds.